The highest BCUT2D eigenvalue weighted by Crippen LogP contribution is 2.35. The third-order valence-electron chi connectivity index (χ3n) is 3.62. The highest BCUT2D eigenvalue weighted by molar-refractivity contribution is 7.80. The van der Waals surface area contributed by atoms with E-state index in [1.54, 1.807) is 18.2 Å². The van der Waals surface area contributed by atoms with Gasteiger partial charge in [-0.3, -0.25) is 9.59 Å². The molecule has 1 aliphatic heterocycles. The molecule has 0 bridgehead atoms. The normalized spacial score (nSPS) is 19.9. The lowest BCUT2D eigenvalue weighted by Gasteiger charge is -2.35. The molecule has 1 amide bonds. The zero-order chi connectivity index (χ0) is 17.9. The lowest BCUT2D eigenvalue weighted by Crippen LogP contribution is -2.50. The number of hydrogen-bond acceptors (Lipinski definition) is 5. The Morgan fingerprint density at radius 1 is 1.38 bits per heavy atom. The molecule has 1 saturated heterocycles. The minimum Gasteiger partial charge on any atom is -0.493 e. The Bertz CT molecular complexity index is 705. The van der Waals surface area contributed by atoms with Gasteiger partial charge in [-0.15, -0.1) is 0 Å². The third kappa shape index (κ3) is 3.83. The van der Waals surface area contributed by atoms with Gasteiger partial charge in [0.2, 0.25) is 0 Å². The van der Waals surface area contributed by atoms with E-state index in [-0.39, 0.29) is 18.4 Å². The first-order chi connectivity index (χ1) is 11.3. The average Bonchev–Trinajstić information content (AvgIpc) is 2.51. The van der Waals surface area contributed by atoms with Crippen molar-refractivity contribution in [3.63, 3.8) is 0 Å². The Labute approximate surface area is 145 Å². The second kappa shape index (κ2) is 7.31. The maximum absolute atomic E-state index is 12.0. The number of nitrogens with one attached hydrogen (secondary N) is 2. The van der Waals surface area contributed by atoms with E-state index in [9.17, 15) is 9.59 Å². The molecular formula is C16H19N3O4S. The van der Waals surface area contributed by atoms with Crippen LogP contribution in [0, 0.1) is 5.92 Å². The molecule has 2 atom stereocenters. The van der Waals surface area contributed by atoms with Gasteiger partial charge in [0.15, 0.2) is 23.2 Å². The summed E-state index contributed by atoms with van der Waals surface area (Å²) in [6, 6.07) is 4.78. The first-order valence-electron chi connectivity index (χ1n) is 7.19. The first-order valence-corrected chi connectivity index (χ1v) is 7.60. The van der Waals surface area contributed by atoms with Crippen molar-refractivity contribution in [2.24, 2.45) is 11.7 Å². The third-order valence-corrected chi connectivity index (χ3v) is 3.84. The molecule has 2 rings (SSSR count). The molecule has 4 N–H and O–H groups in total. The number of hydrogen-bond donors (Lipinski definition) is 3. The molecule has 0 radical (unpaired) electrons. The minimum atomic E-state index is -0.584. The van der Waals surface area contributed by atoms with E-state index in [0.29, 0.717) is 22.3 Å². The van der Waals surface area contributed by atoms with E-state index in [1.807, 2.05) is 0 Å². The van der Waals surface area contributed by atoms with Crippen LogP contribution in [0.5, 0.6) is 11.5 Å². The van der Waals surface area contributed by atoms with Crippen LogP contribution >= 0.6 is 12.2 Å². The van der Waals surface area contributed by atoms with Crippen molar-refractivity contribution < 1.29 is 19.1 Å². The van der Waals surface area contributed by atoms with E-state index < -0.39 is 11.8 Å². The molecule has 1 heterocycles. The number of carbonyl (C=O) groups is 2. The quantitative estimate of drug-likeness (QED) is 0.653. The van der Waals surface area contributed by atoms with E-state index in [2.05, 4.69) is 17.2 Å². The van der Waals surface area contributed by atoms with Crippen molar-refractivity contribution in [3.8, 4) is 11.5 Å². The summed E-state index contributed by atoms with van der Waals surface area (Å²) in [5.74, 6) is -0.290. The average molecular weight is 349 g/mol. The predicted molar refractivity (Wildman–Crippen MR) is 92.6 cm³/mol. The van der Waals surface area contributed by atoms with Gasteiger partial charge in [-0.2, -0.15) is 0 Å². The van der Waals surface area contributed by atoms with Gasteiger partial charge in [0, 0.05) is 5.70 Å². The number of nitrogens with two attached hydrogens (primary N) is 1. The van der Waals surface area contributed by atoms with Crippen LogP contribution in [-0.2, 0) is 9.59 Å². The Kier molecular flexibility index (Phi) is 5.40. The summed E-state index contributed by atoms with van der Waals surface area (Å²) in [4.78, 5) is 22.9. The number of benzene rings is 1. The van der Waals surface area contributed by atoms with E-state index in [4.69, 9.17) is 27.4 Å². The number of methoxy groups -OCH3 is 1. The number of Topliss-reactive ketones (excluding diaryl/α,β-unsaturated/α-hetero) is 1. The molecule has 0 spiro atoms. The molecule has 0 aliphatic carbocycles. The molecule has 0 unspecified atom stereocenters. The number of amides is 1. The van der Waals surface area contributed by atoms with Gasteiger partial charge in [0.05, 0.1) is 19.1 Å². The van der Waals surface area contributed by atoms with Crippen LogP contribution in [0.25, 0.3) is 0 Å². The van der Waals surface area contributed by atoms with Crippen LogP contribution in [-0.4, -0.2) is 30.5 Å². The minimum absolute atomic E-state index is 0.0412. The van der Waals surface area contributed by atoms with Gasteiger partial charge in [-0.05, 0) is 36.8 Å². The standard InChI is InChI=1S/C16H19N3O4S/c1-8-14(9(2)20)15(19-16(24)18-8)10-4-5-11(12(6-10)22-3)23-7-13(17)21/h4-6,14-15H,1,7H2,2-3H3,(H2,17,21)(H2,18,19,24)/t14-,15+/m1/s1. The van der Waals surface area contributed by atoms with E-state index in [1.165, 1.54) is 14.0 Å². The summed E-state index contributed by atoms with van der Waals surface area (Å²) in [5.41, 5.74) is 6.40. The monoisotopic (exact) mass is 349 g/mol. The first kappa shape index (κ1) is 17.7. The molecule has 0 aromatic heterocycles. The van der Waals surface area contributed by atoms with Crippen LogP contribution in [0.3, 0.4) is 0 Å². The number of carbonyl (C=O) groups excluding carboxylic acids is 2. The van der Waals surface area contributed by atoms with Crippen molar-refractivity contribution in [3.05, 3.63) is 36.0 Å². The summed E-state index contributed by atoms with van der Waals surface area (Å²) in [6.07, 6.45) is 0. The highest BCUT2D eigenvalue weighted by Gasteiger charge is 2.34. The Hall–Kier alpha value is -2.61. The number of rotatable bonds is 6. The van der Waals surface area contributed by atoms with Crippen LogP contribution < -0.4 is 25.8 Å². The fourth-order valence-electron chi connectivity index (χ4n) is 2.59. The molecule has 1 aliphatic rings. The maximum atomic E-state index is 12.0. The largest absolute Gasteiger partial charge is 0.493 e. The summed E-state index contributed by atoms with van der Waals surface area (Å²) in [6.45, 7) is 5.14. The van der Waals surface area contributed by atoms with Crippen molar-refractivity contribution in [2.75, 3.05) is 13.7 Å². The Balaban J connectivity index is 2.35. The molecule has 7 nitrogen and oxygen atoms in total. The number of primary amides is 1. The summed E-state index contributed by atoms with van der Waals surface area (Å²) in [5, 5.41) is 6.36. The molecule has 8 heteroatoms. The SMILES string of the molecule is C=C1NC(=S)N[C@@H](c2ccc(OCC(N)=O)c(OC)c2)[C@H]1C(C)=O. The number of ether oxygens (including phenoxy) is 2. The zero-order valence-corrected chi connectivity index (χ0v) is 14.2. The van der Waals surface area contributed by atoms with Crippen LogP contribution in [0.2, 0.25) is 0 Å². The van der Waals surface area contributed by atoms with Crippen molar-refractivity contribution in [1.82, 2.24) is 10.6 Å². The molecule has 24 heavy (non-hydrogen) atoms. The van der Waals surface area contributed by atoms with Crippen LogP contribution in [0.1, 0.15) is 18.5 Å². The van der Waals surface area contributed by atoms with Crippen molar-refractivity contribution in [1.29, 1.82) is 0 Å². The second-order valence-electron chi connectivity index (χ2n) is 5.35. The lowest BCUT2D eigenvalue weighted by atomic mass is 9.86. The molecule has 1 fully saturated rings. The smallest absolute Gasteiger partial charge is 0.255 e. The number of ketones is 1. The van der Waals surface area contributed by atoms with Gasteiger partial charge in [-0.1, -0.05) is 12.6 Å². The van der Waals surface area contributed by atoms with E-state index >= 15 is 0 Å². The number of thiocarbonyl (C=S) groups is 1. The van der Waals surface area contributed by atoms with Crippen LogP contribution in [0.4, 0.5) is 0 Å². The summed E-state index contributed by atoms with van der Waals surface area (Å²) in [7, 11) is 1.48. The molecule has 1 aromatic rings. The van der Waals surface area contributed by atoms with Crippen LogP contribution in [0.15, 0.2) is 30.5 Å². The Morgan fingerprint density at radius 2 is 2.08 bits per heavy atom. The molecule has 128 valence electrons. The topological polar surface area (TPSA) is 103 Å². The van der Waals surface area contributed by atoms with Gasteiger partial charge in [-0.25, -0.2) is 0 Å². The molecule has 0 saturated carbocycles. The molecular weight excluding hydrogens is 330 g/mol. The van der Waals surface area contributed by atoms with Crippen molar-refractivity contribution >= 4 is 29.0 Å². The van der Waals surface area contributed by atoms with Crippen molar-refractivity contribution in [2.45, 2.75) is 13.0 Å². The predicted octanol–water partition coefficient (Wildman–Crippen LogP) is 0.797. The Morgan fingerprint density at radius 3 is 2.67 bits per heavy atom. The fourth-order valence-corrected chi connectivity index (χ4v) is 2.85. The summed E-state index contributed by atoms with van der Waals surface area (Å²) < 4.78 is 10.6. The van der Waals surface area contributed by atoms with Gasteiger partial charge in [0.1, 0.15) is 5.78 Å². The summed E-state index contributed by atoms with van der Waals surface area (Å²) >= 11 is 5.15. The lowest BCUT2D eigenvalue weighted by molar-refractivity contribution is -0.121. The zero-order valence-electron chi connectivity index (χ0n) is 13.4. The molecule has 1 aromatic carbocycles. The van der Waals surface area contributed by atoms with E-state index in [0.717, 1.165) is 5.56 Å². The van der Waals surface area contributed by atoms with Gasteiger partial charge < -0.3 is 25.8 Å². The van der Waals surface area contributed by atoms with Gasteiger partial charge >= 0.3 is 0 Å². The highest BCUT2D eigenvalue weighted by atomic mass is 32.1. The maximum Gasteiger partial charge on any atom is 0.255 e. The van der Waals surface area contributed by atoms with Gasteiger partial charge in [0.25, 0.3) is 5.91 Å². The second-order valence-corrected chi connectivity index (χ2v) is 5.76. The fraction of sp³-hybridized carbons (Fsp3) is 0.312.